The molecule has 4 nitrogen and oxygen atoms in total. The van der Waals surface area contributed by atoms with Gasteiger partial charge in [-0.25, -0.2) is 10.0 Å². The Labute approximate surface area is 91.0 Å². The second kappa shape index (κ2) is 5.07. The van der Waals surface area contributed by atoms with Crippen LogP contribution in [0.4, 0.5) is 0 Å². The molecule has 0 atom stereocenters. The first kappa shape index (κ1) is 11.1. The Kier molecular flexibility index (Phi) is 4.03. The highest BCUT2D eigenvalue weighted by Crippen LogP contribution is 2.08. The molecule has 1 aromatic heterocycles. The molecule has 0 saturated heterocycles. The number of pyridine rings is 1. The van der Waals surface area contributed by atoms with Crippen molar-refractivity contribution in [3.63, 3.8) is 0 Å². The van der Waals surface area contributed by atoms with Gasteiger partial charge in [0.2, 0.25) is 0 Å². The van der Waals surface area contributed by atoms with Crippen LogP contribution < -0.4 is 0 Å². The summed E-state index contributed by atoms with van der Waals surface area (Å²) >= 11 is 3.20. The first-order chi connectivity index (χ1) is 6.69. The molecule has 0 unspecified atom stereocenters. The lowest BCUT2D eigenvalue weighted by Crippen LogP contribution is -2.30. The van der Waals surface area contributed by atoms with Crippen molar-refractivity contribution in [2.75, 3.05) is 13.7 Å². The van der Waals surface area contributed by atoms with Gasteiger partial charge >= 0.3 is 0 Å². The highest BCUT2D eigenvalue weighted by atomic mass is 79.9. The monoisotopic (exact) mass is 258 g/mol. The number of amides is 1. The molecule has 1 amide bonds. The number of hydrogen-bond acceptors (Lipinski definition) is 3. The fraction of sp³-hybridized carbons (Fsp3) is 0.333. The first-order valence-electron chi connectivity index (χ1n) is 4.17. The number of aromatic nitrogens is 1. The van der Waals surface area contributed by atoms with Crippen LogP contribution >= 0.6 is 15.9 Å². The van der Waals surface area contributed by atoms with Crippen LogP contribution in [-0.2, 0) is 4.84 Å². The van der Waals surface area contributed by atoms with E-state index in [1.807, 2.05) is 6.92 Å². The van der Waals surface area contributed by atoms with Gasteiger partial charge in [-0.15, -0.1) is 0 Å². The number of nitrogens with zero attached hydrogens (tertiary/aromatic N) is 2. The molecule has 0 spiro atoms. The van der Waals surface area contributed by atoms with Gasteiger partial charge in [-0.3, -0.25) is 9.63 Å². The third-order valence-corrected chi connectivity index (χ3v) is 2.11. The van der Waals surface area contributed by atoms with E-state index in [1.54, 1.807) is 18.2 Å². The maximum absolute atomic E-state index is 11.7. The van der Waals surface area contributed by atoms with Crippen molar-refractivity contribution in [3.05, 3.63) is 28.5 Å². The Morgan fingerprint density at radius 1 is 1.64 bits per heavy atom. The third-order valence-electron chi connectivity index (χ3n) is 1.67. The molecule has 0 radical (unpaired) electrons. The highest BCUT2D eigenvalue weighted by Gasteiger charge is 2.14. The average Bonchev–Trinajstić information content (AvgIpc) is 2.19. The van der Waals surface area contributed by atoms with Gasteiger partial charge in [-0.05, 0) is 35.0 Å². The molecule has 0 aliphatic rings. The molecule has 0 saturated carbocycles. The van der Waals surface area contributed by atoms with Crippen molar-refractivity contribution in [3.8, 4) is 0 Å². The Morgan fingerprint density at radius 2 is 2.36 bits per heavy atom. The summed E-state index contributed by atoms with van der Waals surface area (Å²) in [5, 5.41) is 1.24. The first-order valence-corrected chi connectivity index (χ1v) is 4.97. The van der Waals surface area contributed by atoms with Crippen molar-refractivity contribution < 1.29 is 9.63 Å². The molecule has 14 heavy (non-hydrogen) atoms. The predicted octanol–water partition coefficient (Wildman–Crippen LogP) is 1.87. The summed E-state index contributed by atoms with van der Waals surface area (Å²) < 4.78 is 0.635. The van der Waals surface area contributed by atoms with Crippen molar-refractivity contribution in [1.29, 1.82) is 0 Å². The molecule has 0 N–H and O–H groups in total. The van der Waals surface area contributed by atoms with E-state index in [1.165, 1.54) is 12.2 Å². The van der Waals surface area contributed by atoms with Crippen LogP contribution in [0.5, 0.6) is 0 Å². The Balaban J connectivity index is 2.88. The summed E-state index contributed by atoms with van der Waals surface area (Å²) in [6, 6.07) is 5.17. The summed E-state index contributed by atoms with van der Waals surface area (Å²) in [4.78, 5) is 20.6. The molecule has 0 bridgehead atoms. The van der Waals surface area contributed by atoms with Gasteiger partial charge in [0.25, 0.3) is 5.91 Å². The number of carbonyl (C=O) groups excluding carboxylic acids is 1. The van der Waals surface area contributed by atoms with E-state index < -0.39 is 0 Å². The van der Waals surface area contributed by atoms with Crippen LogP contribution in [-0.4, -0.2) is 29.6 Å². The summed E-state index contributed by atoms with van der Waals surface area (Å²) in [7, 11) is 1.46. The van der Waals surface area contributed by atoms with E-state index in [9.17, 15) is 4.79 Å². The van der Waals surface area contributed by atoms with E-state index in [0.717, 1.165) is 0 Å². The van der Waals surface area contributed by atoms with E-state index in [0.29, 0.717) is 16.8 Å². The summed E-state index contributed by atoms with van der Waals surface area (Å²) in [5.74, 6) is -0.240. The Bertz CT molecular complexity index is 326. The normalized spacial score (nSPS) is 9.93. The van der Waals surface area contributed by atoms with Crippen molar-refractivity contribution >= 4 is 21.8 Å². The van der Waals surface area contributed by atoms with Crippen LogP contribution in [0.1, 0.15) is 17.4 Å². The largest absolute Gasteiger partial charge is 0.296 e. The number of carbonyl (C=O) groups is 1. The zero-order valence-electron chi connectivity index (χ0n) is 8.03. The van der Waals surface area contributed by atoms with Gasteiger partial charge in [0.1, 0.15) is 10.3 Å². The molecule has 1 rings (SSSR count). The number of hydrogen-bond donors (Lipinski definition) is 0. The number of hydroxylamine groups is 2. The maximum Gasteiger partial charge on any atom is 0.296 e. The minimum atomic E-state index is -0.240. The van der Waals surface area contributed by atoms with Crippen LogP contribution in [0.3, 0.4) is 0 Å². The zero-order valence-corrected chi connectivity index (χ0v) is 9.61. The molecule has 76 valence electrons. The second-order valence-corrected chi connectivity index (χ2v) is 3.34. The molecule has 0 fully saturated rings. The SMILES string of the molecule is CCN(OC)C(=O)c1cccc(Br)n1. The van der Waals surface area contributed by atoms with E-state index in [-0.39, 0.29) is 5.91 Å². The van der Waals surface area contributed by atoms with Crippen LogP contribution in [0, 0.1) is 0 Å². The Morgan fingerprint density at radius 3 is 2.86 bits per heavy atom. The van der Waals surface area contributed by atoms with E-state index in [2.05, 4.69) is 20.9 Å². The molecular weight excluding hydrogens is 248 g/mol. The third kappa shape index (κ3) is 2.52. The molecule has 1 aromatic rings. The van der Waals surface area contributed by atoms with Gasteiger partial charge in [-0.2, -0.15) is 0 Å². The average molecular weight is 259 g/mol. The highest BCUT2D eigenvalue weighted by molar-refractivity contribution is 9.10. The fourth-order valence-corrected chi connectivity index (χ4v) is 1.35. The van der Waals surface area contributed by atoms with Gasteiger partial charge < -0.3 is 0 Å². The smallest absolute Gasteiger partial charge is 0.274 e. The van der Waals surface area contributed by atoms with Gasteiger partial charge in [0.05, 0.1) is 7.11 Å². The van der Waals surface area contributed by atoms with E-state index >= 15 is 0 Å². The van der Waals surface area contributed by atoms with Crippen molar-refractivity contribution in [2.24, 2.45) is 0 Å². The summed E-state index contributed by atoms with van der Waals surface area (Å²) in [6.45, 7) is 2.32. The van der Waals surface area contributed by atoms with Gasteiger partial charge in [0, 0.05) is 6.54 Å². The molecular formula is C9H11BrN2O2. The van der Waals surface area contributed by atoms with Crippen molar-refractivity contribution in [1.82, 2.24) is 10.0 Å². The number of rotatable bonds is 3. The topological polar surface area (TPSA) is 42.4 Å². The molecule has 0 aliphatic carbocycles. The fourth-order valence-electron chi connectivity index (χ4n) is 1.01. The van der Waals surface area contributed by atoms with E-state index in [4.69, 9.17) is 4.84 Å². The van der Waals surface area contributed by atoms with Crippen LogP contribution in [0.2, 0.25) is 0 Å². The lowest BCUT2D eigenvalue weighted by molar-refractivity contribution is -0.0918. The summed E-state index contributed by atoms with van der Waals surface area (Å²) in [5.41, 5.74) is 0.364. The molecule has 0 aliphatic heterocycles. The Hall–Kier alpha value is -0.940. The van der Waals surface area contributed by atoms with Crippen LogP contribution in [0.15, 0.2) is 22.8 Å². The lowest BCUT2D eigenvalue weighted by Gasteiger charge is -2.16. The standard InChI is InChI=1S/C9H11BrN2O2/c1-3-12(14-2)9(13)7-5-4-6-8(10)11-7/h4-6H,3H2,1-2H3. The molecule has 5 heteroatoms. The van der Waals surface area contributed by atoms with Crippen LogP contribution in [0.25, 0.3) is 0 Å². The molecule has 0 aromatic carbocycles. The quantitative estimate of drug-likeness (QED) is 0.614. The second-order valence-electron chi connectivity index (χ2n) is 2.53. The number of halogens is 1. The lowest BCUT2D eigenvalue weighted by atomic mass is 10.3. The van der Waals surface area contributed by atoms with Gasteiger partial charge in [0.15, 0.2) is 0 Å². The summed E-state index contributed by atoms with van der Waals surface area (Å²) in [6.07, 6.45) is 0. The predicted molar refractivity (Wildman–Crippen MR) is 55.7 cm³/mol. The molecule has 1 heterocycles. The zero-order chi connectivity index (χ0) is 10.6. The minimum absolute atomic E-state index is 0.240. The minimum Gasteiger partial charge on any atom is -0.274 e. The van der Waals surface area contributed by atoms with Gasteiger partial charge in [-0.1, -0.05) is 6.07 Å². The maximum atomic E-state index is 11.7. The van der Waals surface area contributed by atoms with Crippen molar-refractivity contribution in [2.45, 2.75) is 6.92 Å².